The van der Waals surface area contributed by atoms with E-state index in [-0.39, 0.29) is 5.92 Å². The van der Waals surface area contributed by atoms with Crippen molar-refractivity contribution >= 4 is 0 Å². The predicted octanol–water partition coefficient (Wildman–Crippen LogP) is 4.11. The van der Waals surface area contributed by atoms with Crippen LogP contribution in [0.2, 0.25) is 0 Å². The third kappa shape index (κ3) is 7.10. The molecule has 0 heterocycles. The van der Waals surface area contributed by atoms with Gasteiger partial charge >= 0.3 is 0 Å². The fourth-order valence-corrected chi connectivity index (χ4v) is 1.53. The predicted molar refractivity (Wildman–Crippen MR) is 68.2 cm³/mol. The number of rotatable bonds is 5. The normalized spacial score (nSPS) is 15.7. The van der Waals surface area contributed by atoms with Crippen molar-refractivity contribution in [1.29, 1.82) is 0 Å². The molecule has 0 radical (unpaired) electrons. The molecule has 0 heteroatoms. The molecule has 0 saturated heterocycles. The van der Waals surface area contributed by atoms with Crippen LogP contribution in [0.25, 0.3) is 0 Å². The molecule has 0 saturated carbocycles. The molecule has 3 unspecified atom stereocenters. The van der Waals surface area contributed by atoms with Crippen LogP contribution in [-0.4, -0.2) is 0 Å². The fourth-order valence-electron chi connectivity index (χ4n) is 1.53. The van der Waals surface area contributed by atoms with Crippen molar-refractivity contribution in [3.05, 3.63) is 0 Å². The highest BCUT2D eigenvalue weighted by atomic mass is 14.1. The second-order valence-electron chi connectivity index (χ2n) is 4.44. The van der Waals surface area contributed by atoms with Gasteiger partial charge in [-0.1, -0.05) is 45.5 Å². The summed E-state index contributed by atoms with van der Waals surface area (Å²) in [6.07, 6.45) is 10.1. The summed E-state index contributed by atoms with van der Waals surface area (Å²) in [6.45, 7) is 8.80. The van der Waals surface area contributed by atoms with E-state index < -0.39 is 0 Å². The first-order valence-corrected chi connectivity index (χ1v) is 6.08. The summed E-state index contributed by atoms with van der Waals surface area (Å²) in [7, 11) is 0. The second kappa shape index (κ2) is 8.43. The van der Waals surface area contributed by atoms with Crippen LogP contribution >= 0.6 is 0 Å². The molecule has 0 amide bonds. The Balaban J connectivity index is 3.99. The maximum absolute atomic E-state index is 5.27. The van der Waals surface area contributed by atoms with Gasteiger partial charge in [-0.3, -0.25) is 0 Å². The third-order valence-corrected chi connectivity index (χ3v) is 2.97. The first kappa shape index (κ1) is 14.1. The standard InChI is InChI=1S/C15H24/c1-6-13(4)10-9-11-15(8-3)12-14(5)7-2/h1,13-15H,7-8,11-12H2,2-5H3. The lowest BCUT2D eigenvalue weighted by molar-refractivity contribution is 0.379. The molecule has 0 aliphatic carbocycles. The van der Waals surface area contributed by atoms with Crippen molar-refractivity contribution in [3.63, 3.8) is 0 Å². The zero-order valence-electron chi connectivity index (χ0n) is 10.6. The molecule has 84 valence electrons. The van der Waals surface area contributed by atoms with Crippen molar-refractivity contribution in [3.8, 4) is 24.2 Å². The molecule has 0 aromatic rings. The Morgan fingerprint density at radius 2 is 1.80 bits per heavy atom. The molecule has 0 bridgehead atoms. The molecule has 0 fully saturated rings. The zero-order valence-corrected chi connectivity index (χ0v) is 10.6. The molecule has 0 aromatic heterocycles. The van der Waals surface area contributed by atoms with E-state index in [9.17, 15) is 0 Å². The molecule has 0 N–H and O–H groups in total. The molecule has 0 spiro atoms. The van der Waals surface area contributed by atoms with Gasteiger partial charge in [-0.15, -0.1) is 12.3 Å². The van der Waals surface area contributed by atoms with E-state index in [1.54, 1.807) is 0 Å². The van der Waals surface area contributed by atoms with Gasteiger partial charge in [0.05, 0.1) is 5.92 Å². The van der Waals surface area contributed by atoms with Crippen LogP contribution in [0.4, 0.5) is 0 Å². The second-order valence-corrected chi connectivity index (χ2v) is 4.44. The molecule has 0 aromatic carbocycles. The Labute approximate surface area is 95.8 Å². The van der Waals surface area contributed by atoms with E-state index in [4.69, 9.17) is 6.42 Å². The minimum Gasteiger partial charge on any atom is -0.119 e. The lowest BCUT2D eigenvalue weighted by Crippen LogP contribution is -2.04. The maximum Gasteiger partial charge on any atom is 0.0780 e. The summed E-state index contributed by atoms with van der Waals surface area (Å²) in [5.74, 6) is 10.6. The van der Waals surface area contributed by atoms with E-state index in [1.807, 2.05) is 6.92 Å². The Morgan fingerprint density at radius 1 is 1.13 bits per heavy atom. The lowest BCUT2D eigenvalue weighted by atomic mass is 9.90. The van der Waals surface area contributed by atoms with Crippen LogP contribution < -0.4 is 0 Å². The molecular weight excluding hydrogens is 180 g/mol. The highest BCUT2D eigenvalue weighted by Crippen LogP contribution is 2.20. The van der Waals surface area contributed by atoms with Crippen molar-refractivity contribution in [2.75, 3.05) is 0 Å². The van der Waals surface area contributed by atoms with Gasteiger partial charge in [0.1, 0.15) is 0 Å². The van der Waals surface area contributed by atoms with E-state index in [0.717, 1.165) is 18.3 Å². The van der Waals surface area contributed by atoms with Crippen molar-refractivity contribution in [2.24, 2.45) is 17.8 Å². The Bertz CT molecular complexity index is 245. The van der Waals surface area contributed by atoms with Crippen LogP contribution in [0.1, 0.15) is 53.4 Å². The van der Waals surface area contributed by atoms with E-state index in [2.05, 4.69) is 38.5 Å². The molecule has 0 aliphatic heterocycles. The smallest absolute Gasteiger partial charge is 0.0780 e. The maximum atomic E-state index is 5.27. The number of terminal acetylenes is 1. The van der Waals surface area contributed by atoms with Gasteiger partial charge in [-0.25, -0.2) is 0 Å². The molecule has 0 nitrogen and oxygen atoms in total. The molecular formula is C15H24. The summed E-state index contributed by atoms with van der Waals surface area (Å²) in [5.41, 5.74) is 0. The van der Waals surface area contributed by atoms with Gasteiger partial charge in [-0.05, 0) is 25.2 Å². The van der Waals surface area contributed by atoms with Crippen LogP contribution in [0.5, 0.6) is 0 Å². The van der Waals surface area contributed by atoms with E-state index in [0.29, 0.717) is 0 Å². The van der Waals surface area contributed by atoms with E-state index >= 15 is 0 Å². The Kier molecular flexibility index (Phi) is 7.94. The minimum atomic E-state index is 0.103. The van der Waals surface area contributed by atoms with E-state index in [1.165, 1.54) is 19.3 Å². The van der Waals surface area contributed by atoms with Crippen LogP contribution in [0.3, 0.4) is 0 Å². The minimum absolute atomic E-state index is 0.103. The number of hydrogen-bond acceptors (Lipinski definition) is 0. The molecule has 0 aliphatic rings. The van der Waals surface area contributed by atoms with Crippen molar-refractivity contribution < 1.29 is 0 Å². The Hall–Kier alpha value is -0.880. The van der Waals surface area contributed by atoms with Crippen LogP contribution in [0.15, 0.2) is 0 Å². The summed E-state index contributed by atoms with van der Waals surface area (Å²) < 4.78 is 0. The van der Waals surface area contributed by atoms with Gasteiger partial charge in [0.25, 0.3) is 0 Å². The SMILES string of the molecule is C#CC(C)C#CCC(CC)CC(C)CC. The fraction of sp³-hybridized carbons (Fsp3) is 0.733. The van der Waals surface area contributed by atoms with Crippen LogP contribution in [0, 0.1) is 41.9 Å². The lowest BCUT2D eigenvalue weighted by Gasteiger charge is -2.15. The van der Waals surface area contributed by atoms with Gasteiger partial charge in [-0.2, -0.15) is 0 Å². The summed E-state index contributed by atoms with van der Waals surface area (Å²) in [6, 6.07) is 0. The summed E-state index contributed by atoms with van der Waals surface area (Å²) >= 11 is 0. The first-order chi connectivity index (χ1) is 7.13. The quantitative estimate of drug-likeness (QED) is 0.591. The van der Waals surface area contributed by atoms with Crippen molar-refractivity contribution in [1.82, 2.24) is 0 Å². The average molecular weight is 204 g/mol. The van der Waals surface area contributed by atoms with Gasteiger partial charge in [0, 0.05) is 6.42 Å². The topological polar surface area (TPSA) is 0 Å². The highest BCUT2D eigenvalue weighted by Gasteiger charge is 2.08. The first-order valence-electron chi connectivity index (χ1n) is 6.08. The number of hydrogen-bond donors (Lipinski definition) is 0. The largest absolute Gasteiger partial charge is 0.119 e. The van der Waals surface area contributed by atoms with Crippen molar-refractivity contribution in [2.45, 2.75) is 53.4 Å². The van der Waals surface area contributed by atoms with Gasteiger partial charge < -0.3 is 0 Å². The van der Waals surface area contributed by atoms with Gasteiger partial charge in [0.2, 0.25) is 0 Å². The van der Waals surface area contributed by atoms with Gasteiger partial charge in [0.15, 0.2) is 0 Å². The Morgan fingerprint density at radius 3 is 2.27 bits per heavy atom. The summed E-state index contributed by atoms with van der Waals surface area (Å²) in [4.78, 5) is 0. The monoisotopic (exact) mass is 204 g/mol. The molecule has 0 rings (SSSR count). The van der Waals surface area contributed by atoms with Crippen LogP contribution in [-0.2, 0) is 0 Å². The molecule has 15 heavy (non-hydrogen) atoms. The third-order valence-electron chi connectivity index (χ3n) is 2.97. The molecule has 3 atom stereocenters. The average Bonchev–Trinajstić information content (AvgIpc) is 2.26. The zero-order chi connectivity index (χ0) is 11.7. The summed E-state index contributed by atoms with van der Waals surface area (Å²) in [5, 5.41) is 0. The highest BCUT2D eigenvalue weighted by molar-refractivity contribution is 5.13.